The average molecular weight is 256 g/mol. The van der Waals surface area contributed by atoms with Gasteiger partial charge in [-0.15, -0.1) is 33.2 Å². The second kappa shape index (κ2) is 3.67. The average Bonchev–Trinajstić information content (AvgIpc) is 1.62. The van der Waals surface area contributed by atoms with Gasteiger partial charge in [0.15, 0.2) is 0 Å². The summed E-state index contributed by atoms with van der Waals surface area (Å²) in [7, 11) is 0. The number of alkyl halides is 1. The molecule has 0 saturated carbocycles. The molecule has 0 bridgehead atoms. The molecular weight excluding hydrogens is 250 g/mol. The summed E-state index contributed by atoms with van der Waals surface area (Å²) in [5.41, 5.74) is 0. The number of halogens is 4. The zero-order valence-corrected chi connectivity index (χ0v) is 9.15. The zero-order valence-electron chi connectivity index (χ0n) is 4.30. The first kappa shape index (κ1) is 9.57. The molecule has 0 aromatic rings. The van der Waals surface area contributed by atoms with E-state index in [0.717, 1.165) is 6.42 Å². The van der Waals surface area contributed by atoms with Crippen molar-refractivity contribution in [3.63, 3.8) is 0 Å². The number of hydrogen-bond donors (Lipinski definition) is 0. The van der Waals surface area contributed by atoms with Crippen LogP contribution in [0.2, 0.25) is 0 Å². The highest BCUT2D eigenvalue weighted by Crippen LogP contribution is 2.30. The molecule has 0 aliphatic rings. The molecule has 1 atom stereocenters. The van der Waals surface area contributed by atoms with Crippen molar-refractivity contribution in [2.75, 3.05) is 0 Å². The molecule has 0 fully saturated rings. The van der Waals surface area contributed by atoms with Crippen molar-refractivity contribution in [3.8, 4) is 0 Å². The Morgan fingerprint density at radius 2 is 1.88 bits per heavy atom. The third-order valence-electron chi connectivity index (χ3n) is 0.714. The van der Waals surface area contributed by atoms with Crippen molar-refractivity contribution < 1.29 is 0 Å². The standard InChI is InChI=1S/C3H6BrCl3Si/c1-2-3(4)8(5,6)7/h3H,2H2,1H3. The molecule has 1 unspecified atom stereocenters. The van der Waals surface area contributed by atoms with E-state index >= 15 is 0 Å². The van der Waals surface area contributed by atoms with Crippen molar-refractivity contribution >= 4 is 55.2 Å². The van der Waals surface area contributed by atoms with Gasteiger partial charge in [-0.3, -0.25) is 0 Å². The van der Waals surface area contributed by atoms with Crippen LogP contribution in [0.3, 0.4) is 0 Å². The molecule has 0 N–H and O–H groups in total. The maximum atomic E-state index is 5.61. The Kier molecular flexibility index (Phi) is 4.38. The summed E-state index contributed by atoms with van der Waals surface area (Å²) in [6.45, 7) is 1.98. The molecule has 0 heterocycles. The van der Waals surface area contributed by atoms with E-state index in [-0.39, 0.29) is 4.45 Å². The molecule has 8 heavy (non-hydrogen) atoms. The quantitative estimate of drug-likeness (QED) is 0.404. The van der Waals surface area contributed by atoms with Crippen LogP contribution in [0.15, 0.2) is 0 Å². The summed E-state index contributed by atoms with van der Waals surface area (Å²) < 4.78 is 0.0972. The van der Waals surface area contributed by atoms with Crippen LogP contribution < -0.4 is 0 Å². The fraction of sp³-hybridized carbons (Fsp3) is 1.00. The van der Waals surface area contributed by atoms with Gasteiger partial charge in [0.1, 0.15) is 0 Å². The second-order valence-corrected chi connectivity index (χ2v) is 12.3. The lowest BCUT2D eigenvalue weighted by molar-refractivity contribution is 1.05. The summed E-state index contributed by atoms with van der Waals surface area (Å²) in [6, 6.07) is -2.43. The predicted molar refractivity (Wildman–Crippen MR) is 46.3 cm³/mol. The molecule has 0 rings (SSSR count). The van der Waals surface area contributed by atoms with Crippen molar-refractivity contribution in [1.29, 1.82) is 0 Å². The van der Waals surface area contributed by atoms with E-state index in [2.05, 4.69) is 15.9 Å². The van der Waals surface area contributed by atoms with Crippen LogP contribution in [-0.4, -0.2) is 10.5 Å². The van der Waals surface area contributed by atoms with Gasteiger partial charge in [-0.2, -0.15) is 0 Å². The summed E-state index contributed by atoms with van der Waals surface area (Å²) >= 11 is 20.1. The minimum atomic E-state index is -2.43. The zero-order chi connectivity index (χ0) is 6.78. The van der Waals surface area contributed by atoms with Crippen LogP contribution in [0.1, 0.15) is 13.3 Å². The maximum Gasteiger partial charge on any atom is 0.354 e. The molecule has 0 spiro atoms. The Bertz CT molecular complexity index is 71.4. The van der Waals surface area contributed by atoms with Crippen LogP contribution in [-0.2, 0) is 0 Å². The fourth-order valence-corrected chi connectivity index (χ4v) is 2.08. The van der Waals surface area contributed by atoms with Gasteiger partial charge >= 0.3 is 6.00 Å². The van der Waals surface area contributed by atoms with Gasteiger partial charge in [-0.25, -0.2) is 0 Å². The Morgan fingerprint density at radius 1 is 1.50 bits per heavy atom. The Labute approximate surface area is 72.7 Å². The smallest absolute Gasteiger partial charge is 0.125 e. The van der Waals surface area contributed by atoms with E-state index in [4.69, 9.17) is 33.2 Å². The summed E-state index contributed by atoms with van der Waals surface area (Å²) in [4.78, 5) is 0. The number of rotatable bonds is 2. The van der Waals surface area contributed by atoms with Crippen LogP contribution in [0, 0.1) is 0 Å². The second-order valence-electron chi connectivity index (χ2n) is 1.42. The van der Waals surface area contributed by atoms with E-state index in [0.29, 0.717) is 0 Å². The monoisotopic (exact) mass is 254 g/mol. The minimum Gasteiger partial charge on any atom is -0.125 e. The van der Waals surface area contributed by atoms with Gasteiger partial charge in [0, 0.05) is 4.45 Å². The molecular formula is C3H6BrCl3Si. The minimum absolute atomic E-state index is 0.0972. The Hall–Kier alpha value is 1.57. The lowest BCUT2D eigenvalue weighted by atomic mass is 10.6. The first-order valence-electron chi connectivity index (χ1n) is 2.19. The highest BCUT2D eigenvalue weighted by molar-refractivity contribution is 9.10. The third kappa shape index (κ3) is 3.57. The molecule has 5 heteroatoms. The molecule has 50 valence electrons. The topological polar surface area (TPSA) is 0 Å². The van der Waals surface area contributed by atoms with E-state index in [9.17, 15) is 0 Å². The van der Waals surface area contributed by atoms with E-state index < -0.39 is 6.00 Å². The van der Waals surface area contributed by atoms with Gasteiger partial charge in [0.25, 0.3) is 0 Å². The van der Waals surface area contributed by atoms with Crippen molar-refractivity contribution in [2.24, 2.45) is 0 Å². The molecule has 0 radical (unpaired) electrons. The molecule has 0 aromatic carbocycles. The van der Waals surface area contributed by atoms with E-state index in [1.165, 1.54) is 0 Å². The highest BCUT2D eigenvalue weighted by atomic mass is 79.9. The Morgan fingerprint density at radius 3 is 1.88 bits per heavy atom. The molecule has 0 saturated heterocycles. The lowest BCUT2D eigenvalue weighted by Gasteiger charge is -2.11. The Balaban J connectivity index is 3.62. The maximum absolute atomic E-state index is 5.61. The SMILES string of the molecule is CCC(Br)[Si](Cl)(Cl)Cl. The molecule has 0 amide bonds. The van der Waals surface area contributed by atoms with Gasteiger partial charge < -0.3 is 0 Å². The van der Waals surface area contributed by atoms with E-state index in [1.54, 1.807) is 0 Å². The van der Waals surface area contributed by atoms with Crippen LogP contribution >= 0.6 is 49.2 Å². The normalized spacial score (nSPS) is 16.1. The first-order chi connectivity index (χ1) is 3.48. The van der Waals surface area contributed by atoms with Crippen molar-refractivity contribution in [1.82, 2.24) is 0 Å². The highest BCUT2D eigenvalue weighted by Gasteiger charge is 2.33. The molecule has 0 aliphatic heterocycles. The molecule has 0 aromatic heterocycles. The number of hydrogen-bond acceptors (Lipinski definition) is 0. The first-order valence-corrected chi connectivity index (χ1v) is 8.22. The van der Waals surface area contributed by atoms with Gasteiger partial charge in [0.2, 0.25) is 0 Å². The van der Waals surface area contributed by atoms with Crippen molar-refractivity contribution in [2.45, 2.75) is 17.8 Å². The van der Waals surface area contributed by atoms with Crippen LogP contribution in [0.25, 0.3) is 0 Å². The largest absolute Gasteiger partial charge is 0.354 e. The predicted octanol–water partition coefficient (Wildman–Crippen LogP) is 3.35. The lowest BCUT2D eigenvalue weighted by Crippen LogP contribution is -2.24. The van der Waals surface area contributed by atoms with Crippen LogP contribution in [0.5, 0.6) is 0 Å². The van der Waals surface area contributed by atoms with E-state index in [1.807, 2.05) is 6.92 Å². The van der Waals surface area contributed by atoms with Gasteiger partial charge in [-0.1, -0.05) is 22.9 Å². The summed E-state index contributed by atoms with van der Waals surface area (Å²) in [6.07, 6.45) is 0.878. The van der Waals surface area contributed by atoms with Crippen LogP contribution in [0.4, 0.5) is 0 Å². The third-order valence-corrected chi connectivity index (χ3v) is 9.28. The summed E-state index contributed by atoms with van der Waals surface area (Å²) in [5, 5.41) is 0. The van der Waals surface area contributed by atoms with Gasteiger partial charge in [-0.05, 0) is 6.42 Å². The fourth-order valence-electron chi connectivity index (χ4n) is 0.231. The molecule has 0 aliphatic carbocycles. The summed E-state index contributed by atoms with van der Waals surface area (Å²) in [5.74, 6) is 0. The van der Waals surface area contributed by atoms with Gasteiger partial charge in [0.05, 0.1) is 0 Å². The molecule has 0 nitrogen and oxygen atoms in total. The van der Waals surface area contributed by atoms with Crippen molar-refractivity contribution in [3.05, 3.63) is 0 Å².